The Morgan fingerprint density at radius 2 is 1.83 bits per heavy atom. The van der Waals surface area contributed by atoms with Crippen molar-refractivity contribution in [1.29, 1.82) is 0 Å². The molecule has 3 rings (SSSR count). The van der Waals surface area contributed by atoms with Gasteiger partial charge in [-0.3, -0.25) is 9.88 Å². The first kappa shape index (κ1) is 22.5. The molecule has 1 fully saturated rings. The minimum atomic E-state index is -3.72. The molecule has 0 radical (unpaired) electrons. The largest absolute Gasteiger partial charge is 0.493 e. The molecule has 0 spiro atoms. The molecule has 1 aliphatic rings. The van der Waals surface area contributed by atoms with Crippen LogP contribution in [0.5, 0.6) is 11.5 Å². The van der Waals surface area contributed by atoms with E-state index in [2.05, 4.69) is 26.4 Å². The molecule has 30 heavy (non-hydrogen) atoms. The molecular weight excluding hydrogens is 404 g/mol. The maximum absolute atomic E-state index is 13.0. The number of piperazine rings is 1. The topological polar surface area (TPSA) is 84.0 Å². The second-order valence-electron chi connectivity index (χ2n) is 7.14. The maximum atomic E-state index is 13.0. The highest BCUT2D eigenvalue weighted by molar-refractivity contribution is 7.89. The zero-order valence-electron chi connectivity index (χ0n) is 17.7. The van der Waals surface area contributed by atoms with E-state index in [0.717, 1.165) is 38.3 Å². The van der Waals surface area contributed by atoms with E-state index in [1.807, 2.05) is 18.3 Å². The molecule has 8 nitrogen and oxygen atoms in total. The van der Waals surface area contributed by atoms with E-state index in [4.69, 9.17) is 9.47 Å². The van der Waals surface area contributed by atoms with Crippen molar-refractivity contribution in [2.24, 2.45) is 0 Å². The highest BCUT2D eigenvalue weighted by atomic mass is 32.2. The quantitative estimate of drug-likeness (QED) is 0.644. The molecule has 0 saturated carbocycles. The lowest BCUT2D eigenvalue weighted by atomic mass is 10.1. The third kappa shape index (κ3) is 5.28. The van der Waals surface area contributed by atoms with Crippen molar-refractivity contribution >= 4 is 10.0 Å². The summed E-state index contributed by atoms with van der Waals surface area (Å²) in [5.74, 6) is 0.860. The van der Waals surface area contributed by atoms with E-state index in [9.17, 15) is 8.42 Å². The molecule has 0 bridgehead atoms. The molecule has 1 aliphatic heterocycles. The number of sulfonamides is 1. The highest BCUT2D eigenvalue weighted by Crippen LogP contribution is 2.29. The van der Waals surface area contributed by atoms with Gasteiger partial charge >= 0.3 is 0 Å². The van der Waals surface area contributed by atoms with Crippen LogP contribution in [0.4, 0.5) is 0 Å². The van der Waals surface area contributed by atoms with Gasteiger partial charge in [-0.25, -0.2) is 13.1 Å². The summed E-state index contributed by atoms with van der Waals surface area (Å²) in [4.78, 5) is 9.08. The summed E-state index contributed by atoms with van der Waals surface area (Å²) in [7, 11) is -0.721. The van der Waals surface area contributed by atoms with Gasteiger partial charge in [0.2, 0.25) is 10.0 Å². The Hall–Kier alpha value is -2.20. The minimum absolute atomic E-state index is 0.0902. The van der Waals surface area contributed by atoms with Gasteiger partial charge in [0.1, 0.15) is 0 Å². The number of aromatic nitrogens is 1. The standard InChI is InChI=1S/C21H30N4O4S/c1-4-24-10-12-25(13-11-24)19(17-6-5-9-22-15-17)16-23-30(26,27)18-7-8-20(28-2)21(14-18)29-3/h5-9,14-15,19,23H,4,10-13,16H2,1-3H3/t19-/m1/s1. The molecule has 2 heterocycles. The van der Waals surface area contributed by atoms with Crippen LogP contribution in [0.1, 0.15) is 18.5 Å². The molecule has 1 atom stereocenters. The van der Waals surface area contributed by atoms with E-state index < -0.39 is 10.0 Å². The van der Waals surface area contributed by atoms with Gasteiger partial charge in [0.25, 0.3) is 0 Å². The van der Waals surface area contributed by atoms with Crippen LogP contribution in [0.2, 0.25) is 0 Å². The zero-order chi connectivity index (χ0) is 21.6. The summed E-state index contributed by atoms with van der Waals surface area (Å²) in [6, 6.07) is 8.37. The predicted molar refractivity (Wildman–Crippen MR) is 115 cm³/mol. The lowest BCUT2D eigenvalue weighted by molar-refractivity contribution is 0.100. The number of nitrogens with zero attached hydrogens (tertiary/aromatic N) is 3. The van der Waals surface area contributed by atoms with Crippen molar-refractivity contribution in [3.8, 4) is 11.5 Å². The summed E-state index contributed by atoms with van der Waals surface area (Å²) in [6.07, 6.45) is 3.53. The number of benzene rings is 1. The zero-order valence-corrected chi connectivity index (χ0v) is 18.6. The van der Waals surface area contributed by atoms with Crippen LogP contribution >= 0.6 is 0 Å². The number of hydrogen-bond acceptors (Lipinski definition) is 7. The van der Waals surface area contributed by atoms with E-state index in [-0.39, 0.29) is 17.5 Å². The molecular formula is C21H30N4O4S. The van der Waals surface area contributed by atoms with E-state index in [0.29, 0.717) is 11.5 Å². The van der Waals surface area contributed by atoms with Crippen LogP contribution < -0.4 is 14.2 Å². The van der Waals surface area contributed by atoms with E-state index in [1.165, 1.54) is 26.4 Å². The van der Waals surface area contributed by atoms with Gasteiger partial charge in [-0.05, 0) is 30.3 Å². The number of rotatable bonds is 9. The van der Waals surface area contributed by atoms with Gasteiger partial charge in [-0.15, -0.1) is 0 Å². The van der Waals surface area contributed by atoms with Gasteiger partial charge in [0.05, 0.1) is 19.1 Å². The Labute approximate surface area is 178 Å². The molecule has 2 aromatic rings. The van der Waals surface area contributed by atoms with Gasteiger partial charge in [0, 0.05) is 57.2 Å². The third-order valence-corrected chi connectivity index (χ3v) is 6.92. The molecule has 1 aromatic heterocycles. The Kier molecular flexibility index (Phi) is 7.65. The molecule has 1 saturated heterocycles. The summed E-state index contributed by atoms with van der Waals surface area (Å²) >= 11 is 0. The average molecular weight is 435 g/mol. The lowest BCUT2D eigenvalue weighted by Gasteiger charge is -2.39. The van der Waals surface area contributed by atoms with Gasteiger partial charge < -0.3 is 14.4 Å². The molecule has 0 unspecified atom stereocenters. The fourth-order valence-corrected chi connectivity index (χ4v) is 4.73. The molecule has 164 valence electrons. The third-order valence-electron chi connectivity index (χ3n) is 5.50. The smallest absolute Gasteiger partial charge is 0.240 e. The maximum Gasteiger partial charge on any atom is 0.240 e. The number of ether oxygens (including phenoxy) is 2. The van der Waals surface area contributed by atoms with Crippen molar-refractivity contribution in [1.82, 2.24) is 19.5 Å². The minimum Gasteiger partial charge on any atom is -0.493 e. The Balaban J connectivity index is 1.78. The normalized spacial score (nSPS) is 16.9. The molecule has 1 aromatic carbocycles. The first-order chi connectivity index (χ1) is 14.5. The second-order valence-corrected chi connectivity index (χ2v) is 8.91. The fourth-order valence-electron chi connectivity index (χ4n) is 3.68. The number of methoxy groups -OCH3 is 2. The second kappa shape index (κ2) is 10.2. The predicted octanol–water partition coefficient (Wildman–Crippen LogP) is 1.76. The van der Waals surface area contributed by atoms with Crippen LogP contribution in [0.25, 0.3) is 0 Å². The van der Waals surface area contributed by atoms with Crippen molar-refractivity contribution in [3.05, 3.63) is 48.3 Å². The summed E-state index contributed by atoms with van der Waals surface area (Å²) in [6.45, 7) is 7.14. The van der Waals surface area contributed by atoms with E-state index in [1.54, 1.807) is 12.3 Å². The average Bonchev–Trinajstić information content (AvgIpc) is 2.79. The van der Waals surface area contributed by atoms with Gasteiger partial charge in [-0.2, -0.15) is 0 Å². The lowest BCUT2D eigenvalue weighted by Crippen LogP contribution is -2.49. The first-order valence-corrected chi connectivity index (χ1v) is 11.5. The number of pyridine rings is 1. The van der Waals surface area contributed by atoms with Gasteiger partial charge in [0.15, 0.2) is 11.5 Å². The van der Waals surface area contributed by atoms with E-state index >= 15 is 0 Å². The molecule has 0 amide bonds. The molecule has 9 heteroatoms. The van der Waals surface area contributed by atoms with Gasteiger partial charge in [-0.1, -0.05) is 13.0 Å². The van der Waals surface area contributed by atoms with Crippen LogP contribution in [0.15, 0.2) is 47.6 Å². The van der Waals surface area contributed by atoms with Crippen LogP contribution in [0, 0.1) is 0 Å². The Morgan fingerprint density at radius 3 is 2.43 bits per heavy atom. The SMILES string of the molecule is CCN1CCN([C@H](CNS(=O)(=O)c2ccc(OC)c(OC)c2)c2cccnc2)CC1. The number of nitrogens with one attached hydrogen (secondary N) is 1. The summed E-state index contributed by atoms with van der Waals surface area (Å²) in [5.41, 5.74) is 0.998. The van der Waals surface area contributed by atoms with Crippen LogP contribution in [-0.2, 0) is 10.0 Å². The summed E-state index contributed by atoms with van der Waals surface area (Å²) in [5, 5.41) is 0. The molecule has 0 aliphatic carbocycles. The van der Waals surface area contributed by atoms with Crippen molar-refractivity contribution in [2.45, 2.75) is 17.9 Å². The Morgan fingerprint density at radius 1 is 1.10 bits per heavy atom. The van der Waals surface area contributed by atoms with Crippen molar-refractivity contribution < 1.29 is 17.9 Å². The van der Waals surface area contributed by atoms with Crippen molar-refractivity contribution in [2.75, 3.05) is 53.5 Å². The van der Waals surface area contributed by atoms with Crippen LogP contribution in [0.3, 0.4) is 0 Å². The monoisotopic (exact) mass is 434 g/mol. The number of likely N-dealkylation sites (N-methyl/N-ethyl adjacent to an activating group) is 1. The molecule has 1 N–H and O–H groups in total. The first-order valence-electron chi connectivity index (χ1n) is 10.1. The number of hydrogen-bond donors (Lipinski definition) is 1. The Bertz CT molecular complexity index is 916. The van der Waals surface area contributed by atoms with Crippen LogP contribution in [-0.4, -0.2) is 76.7 Å². The van der Waals surface area contributed by atoms with Crippen molar-refractivity contribution in [3.63, 3.8) is 0 Å². The summed E-state index contributed by atoms with van der Waals surface area (Å²) < 4.78 is 39.2. The highest BCUT2D eigenvalue weighted by Gasteiger charge is 2.27. The fraction of sp³-hybridized carbons (Fsp3) is 0.476.